The molecule has 0 spiro atoms. The number of anilines is 1. The van der Waals surface area contributed by atoms with Crippen molar-refractivity contribution in [2.75, 3.05) is 31.1 Å². The van der Waals surface area contributed by atoms with Crippen molar-refractivity contribution in [3.8, 4) is 11.1 Å². The van der Waals surface area contributed by atoms with Crippen LogP contribution < -0.4 is 4.90 Å². The Bertz CT molecular complexity index is 1410. The first-order valence-corrected chi connectivity index (χ1v) is 14.9. The number of ketones is 1. The number of nitrogens with zero attached hydrogens (tertiary/aromatic N) is 5. The fourth-order valence-electron chi connectivity index (χ4n) is 6.19. The van der Waals surface area contributed by atoms with Gasteiger partial charge in [0.05, 0.1) is 17.2 Å². The summed E-state index contributed by atoms with van der Waals surface area (Å²) in [5.41, 5.74) is 6.43. The molecule has 2 aromatic heterocycles. The van der Waals surface area contributed by atoms with Crippen LogP contribution in [0, 0.1) is 5.92 Å². The minimum Gasteiger partial charge on any atom is -0.353 e. The van der Waals surface area contributed by atoms with E-state index in [0.29, 0.717) is 12.2 Å². The van der Waals surface area contributed by atoms with Gasteiger partial charge in [-0.15, -0.1) is 0 Å². The number of hydrogen-bond acceptors (Lipinski definition) is 6. The van der Waals surface area contributed by atoms with Crippen LogP contribution in [0.25, 0.3) is 22.2 Å². The van der Waals surface area contributed by atoms with Gasteiger partial charge >= 0.3 is 0 Å². The van der Waals surface area contributed by atoms with Crippen molar-refractivity contribution in [3.63, 3.8) is 0 Å². The van der Waals surface area contributed by atoms with E-state index < -0.39 is 0 Å². The number of hydrogen-bond donors (Lipinski definition) is 0. The Morgan fingerprint density at radius 2 is 1.62 bits per heavy atom. The number of aromatic nitrogens is 3. The molecule has 2 aromatic carbocycles. The predicted octanol–water partition coefficient (Wildman–Crippen LogP) is 6.49. The van der Waals surface area contributed by atoms with Crippen molar-refractivity contribution in [2.24, 2.45) is 5.92 Å². The van der Waals surface area contributed by atoms with Crippen molar-refractivity contribution in [1.82, 2.24) is 19.9 Å². The second-order valence-corrected chi connectivity index (χ2v) is 11.5. The Morgan fingerprint density at radius 3 is 2.40 bits per heavy atom. The van der Waals surface area contributed by atoms with E-state index in [4.69, 9.17) is 9.97 Å². The van der Waals surface area contributed by atoms with E-state index in [2.05, 4.69) is 63.3 Å². The standard InChI is InChI=1S/C34H39N5O/c40-31(14-10-26-5-2-1-3-6-26)21-27-8-11-29(12-9-27)30-13-15-32-33(22-30)37-34(24-36-32)39-19-17-38(18-20-39)25-28-7-4-16-35-23-28/h4,7-9,11-13,15-16,22-24,26H,1-3,5-6,10,14,17-21,25H2. The van der Waals surface area contributed by atoms with Crippen molar-refractivity contribution < 1.29 is 4.79 Å². The van der Waals surface area contributed by atoms with E-state index in [1.807, 2.05) is 24.7 Å². The molecule has 2 aliphatic rings. The Morgan fingerprint density at radius 1 is 0.825 bits per heavy atom. The lowest BCUT2D eigenvalue weighted by molar-refractivity contribution is -0.118. The molecule has 6 rings (SSSR count). The van der Waals surface area contributed by atoms with Gasteiger partial charge in [-0.25, -0.2) is 4.98 Å². The summed E-state index contributed by atoms with van der Waals surface area (Å²) in [7, 11) is 0. The average molecular weight is 534 g/mol. The van der Waals surface area contributed by atoms with Crippen LogP contribution in [-0.4, -0.2) is 51.8 Å². The van der Waals surface area contributed by atoms with Gasteiger partial charge in [-0.3, -0.25) is 19.7 Å². The third kappa shape index (κ3) is 6.73. The van der Waals surface area contributed by atoms with Crippen molar-refractivity contribution in [2.45, 2.75) is 57.9 Å². The van der Waals surface area contributed by atoms with Gasteiger partial charge in [-0.05, 0) is 52.8 Å². The maximum Gasteiger partial charge on any atom is 0.147 e. The predicted molar refractivity (Wildman–Crippen MR) is 161 cm³/mol. The lowest BCUT2D eigenvalue weighted by Gasteiger charge is -2.35. The zero-order valence-electron chi connectivity index (χ0n) is 23.3. The van der Waals surface area contributed by atoms with Gasteiger partial charge < -0.3 is 4.90 Å². The van der Waals surface area contributed by atoms with E-state index in [9.17, 15) is 4.79 Å². The van der Waals surface area contributed by atoms with Gasteiger partial charge in [-0.1, -0.05) is 68.5 Å². The van der Waals surface area contributed by atoms with Crippen LogP contribution in [0.4, 0.5) is 5.82 Å². The first kappa shape index (κ1) is 26.6. The van der Waals surface area contributed by atoms with E-state index in [0.717, 1.165) is 85.0 Å². The maximum absolute atomic E-state index is 12.6. The summed E-state index contributed by atoms with van der Waals surface area (Å²) < 4.78 is 0. The van der Waals surface area contributed by atoms with E-state index in [1.54, 1.807) is 0 Å². The summed E-state index contributed by atoms with van der Waals surface area (Å²) in [5.74, 6) is 2.07. The maximum atomic E-state index is 12.6. The normalized spacial score (nSPS) is 16.9. The third-order valence-electron chi connectivity index (χ3n) is 8.60. The molecule has 0 unspecified atom stereocenters. The molecule has 0 N–H and O–H groups in total. The molecule has 1 aliphatic heterocycles. The highest BCUT2D eigenvalue weighted by Gasteiger charge is 2.19. The lowest BCUT2D eigenvalue weighted by Crippen LogP contribution is -2.46. The third-order valence-corrected chi connectivity index (χ3v) is 8.60. The molecule has 0 bridgehead atoms. The Hall–Kier alpha value is -3.64. The summed E-state index contributed by atoms with van der Waals surface area (Å²) >= 11 is 0. The summed E-state index contributed by atoms with van der Waals surface area (Å²) in [6, 6.07) is 18.9. The molecule has 6 nitrogen and oxygen atoms in total. The van der Waals surface area contributed by atoms with Crippen LogP contribution in [0.15, 0.2) is 73.2 Å². The van der Waals surface area contributed by atoms with Crippen LogP contribution in [-0.2, 0) is 17.8 Å². The molecule has 0 radical (unpaired) electrons. The van der Waals surface area contributed by atoms with Crippen LogP contribution in [0.3, 0.4) is 0 Å². The molecule has 1 saturated carbocycles. The number of pyridine rings is 1. The minimum atomic E-state index is 0.365. The molecule has 0 amide bonds. The second kappa shape index (κ2) is 12.7. The van der Waals surface area contributed by atoms with Gasteiger partial charge in [-0.2, -0.15) is 0 Å². The molecule has 3 heterocycles. The number of carbonyl (C=O) groups excluding carboxylic acids is 1. The molecule has 206 valence electrons. The van der Waals surface area contributed by atoms with E-state index in [1.165, 1.54) is 37.7 Å². The summed E-state index contributed by atoms with van der Waals surface area (Å²) in [5, 5.41) is 0. The molecular formula is C34H39N5O. The SMILES string of the molecule is O=C(CCC1CCCCC1)Cc1ccc(-c2ccc3ncc(N4CCN(Cc5cccnc5)CC4)nc3c2)cc1. The molecule has 2 fully saturated rings. The fourth-order valence-corrected chi connectivity index (χ4v) is 6.19. The highest BCUT2D eigenvalue weighted by molar-refractivity contribution is 5.83. The van der Waals surface area contributed by atoms with Crippen molar-refractivity contribution >= 4 is 22.6 Å². The van der Waals surface area contributed by atoms with E-state index >= 15 is 0 Å². The monoisotopic (exact) mass is 533 g/mol. The van der Waals surface area contributed by atoms with Gasteiger partial charge in [0.25, 0.3) is 0 Å². The summed E-state index contributed by atoms with van der Waals surface area (Å²) in [6.07, 6.45) is 14.7. The number of benzene rings is 2. The second-order valence-electron chi connectivity index (χ2n) is 11.5. The highest BCUT2D eigenvalue weighted by atomic mass is 16.1. The number of carbonyl (C=O) groups is 1. The molecule has 1 aliphatic carbocycles. The highest BCUT2D eigenvalue weighted by Crippen LogP contribution is 2.28. The summed E-state index contributed by atoms with van der Waals surface area (Å²) in [4.78, 5) is 31.3. The quantitative estimate of drug-likeness (QED) is 0.245. The summed E-state index contributed by atoms with van der Waals surface area (Å²) in [6.45, 7) is 4.78. The van der Waals surface area contributed by atoms with Crippen LogP contribution in [0.5, 0.6) is 0 Å². The average Bonchev–Trinajstić information content (AvgIpc) is 3.01. The first-order valence-electron chi connectivity index (χ1n) is 14.9. The minimum absolute atomic E-state index is 0.365. The molecule has 0 atom stereocenters. The first-order chi connectivity index (χ1) is 19.7. The lowest BCUT2D eigenvalue weighted by atomic mass is 9.85. The van der Waals surface area contributed by atoms with Gasteiger partial charge in [0.1, 0.15) is 11.6 Å². The van der Waals surface area contributed by atoms with Gasteiger partial charge in [0.15, 0.2) is 0 Å². The van der Waals surface area contributed by atoms with Crippen molar-refractivity contribution in [1.29, 1.82) is 0 Å². The molecular weight excluding hydrogens is 494 g/mol. The van der Waals surface area contributed by atoms with Crippen LogP contribution in [0.1, 0.15) is 56.1 Å². The number of fused-ring (bicyclic) bond motifs is 1. The zero-order valence-corrected chi connectivity index (χ0v) is 23.3. The molecule has 1 saturated heterocycles. The largest absolute Gasteiger partial charge is 0.353 e. The number of piperazine rings is 1. The number of Topliss-reactive ketones (excluding diaryl/α,β-unsaturated/α-hetero) is 1. The smallest absolute Gasteiger partial charge is 0.147 e. The van der Waals surface area contributed by atoms with E-state index in [-0.39, 0.29) is 0 Å². The Kier molecular flexibility index (Phi) is 8.43. The molecule has 40 heavy (non-hydrogen) atoms. The van der Waals surface area contributed by atoms with Gasteiger partial charge in [0.2, 0.25) is 0 Å². The van der Waals surface area contributed by atoms with Crippen molar-refractivity contribution in [3.05, 3.63) is 84.3 Å². The topological polar surface area (TPSA) is 62.2 Å². The van der Waals surface area contributed by atoms with Gasteiger partial charge in [0, 0.05) is 58.0 Å². The molecule has 6 heteroatoms. The Balaban J connectivity index is 1.06. The molecule has 4 aromatic rings. The number of rotatable bonds is 9. The zero-order chi connectivity index (χ0) is 27.1. The van der Waals surface area contributed by atoms with Crippen LogP contribution in [0.2, 0.25) is 0 Å². The van der Waals surface area contributed by atoms with Crippen LogP contribution >= 0.6 is 0 Å². The fraction of sp³-hybridized carbons (Fsp3) is 0.412. The Labute approximate surface area is 237 Å².